The summed E-state index contributed by atoms with van der Waals surface area (Å²) in [6.07, 6.45) is -0.506. The van der Waals surface area contributed by atoms with Gasteiger partial charge in [-0.1, -0.05) is 0 Å². The van der Waals surface area contributed by atoms with Crippen LogP contribution in [0.2, 0.25) is 0 Å². The minimum absolute atomic E-state index is 0.0168. The molecule has 5 nitrogen and oxygen atoms in total. The van der Waals surface area contributed by atoms with Gasteiger partial charge in [-0.05, 0) is 31.5 Å². The summed E-state index contributed by atoms with van der Waals surface area (Å²) >= 11 is 1.53. The zero-order valence-electron chi connectivity index (χ0n) is 11.0. The van der Waals surface area contributed by atoms with Gasteiger partial charge in [-0.25, -0.2) is 0 Å². The standard InChI is InChI=1S/C14H14N2O3S/c1-6-7(2)20-14-11(6)13(19)15-12(16-14)9-4-3-8(17)5-10(9)18/h3-5,12,16-18H,1-2H3,(H,15,19)/t12-/m1/s1. The summed E-state index contributed by atoms with van der Waals surface area (Å²) in [5, 5.41) is 26.0. The van der Waals surface area contributed by atoms with Crippen LogP contribution in [0.25, 0.3) is 0 Å². The number of thiophene rings is 1. The summed E-state index contributed by atoms with van der Waals surface area (Å²) in [6, 6.07) is 4.31. The number of nitrogens with one attached hydrogen (secondary N) is 2. The smallest absolute Gasteiger partial charge is 0.256 e. The Hall–Kier alpha value is -2.21. The van der Waals surface area contributed by atoms with E-state index in [4.69, 9.17) is 0 Å². The number of carbonyl (C=O) groups excluding carboxylic acids is 1. The second-order valence-corrected chi connectivity index (χ2v) is 6.01. The van der Waals surface area contributed by atoms with Gasteiger partial charge in [0.2, 0.25) is 0 Å². The first-order chi connectivity index (χ1) is 9.47. The highest BCUT2D eigenvalue weighted by atomic mass is 32.1. The molecule has 0 bridgehead atoms. The van der Waals surface area contributed by atoms with E-state index in [9.17, 15) is 15.0 Å². The predicted molar refractivity (Wildman–Crippen MR) is 77.4 cm³/mol. The molecule has 3 rings (SSSR count). The van der Waals surface area contributed by atoms with E-state index < -0.39 is 6.17 Å². The zero-order chi connectivity index (χ0) is 14.4. The molecule has 2 aromatic rings. The van der Waals surface area contributed by atoms with Crippen LogP contribution in [0.5, 0.6) is 11.5 Å². The fourth-order valence-electron chi connectivity index (χ4n) is 2.30. The molecule has 0 saturated carbocycles. The van der Waals surface area contributed by atoms with Gasteiger partial charge in [-0.2, -0.15) is 0 Å². The van der Waals surface area contributed by atoms with Gasteiger partial charge in [0.15, 0.2) is 0 Å². The SMILES string of the molecule is Cc1sc2c(c1C)C(=O)N[C@@H](c1ccc(O)cc1O)N2. The number of phenolic OH excluding ortho intramolecular Hbond substituents is 2. The molecule has 1 aromatic heterocycles. The quantitative estimate of drug-likeness (QED) is 0.651. The van der Waals surface area contributed by atoms with Crippen LogP contribution >= 0.6 is 11.3 Å². The van der Waals surface area contributed by atoms with Crippen LogP contribution < -0.4 is 10.6 Å². The normalized spacial score (nSPS) is 17.3. The lowest BCUT2D eigenvalue weighted by Crippen LogP contribution is -2.38. The van der Waals surface area contributed by atoms with Crippen LogP contribution in [0, 0.1) is 13.8 Å². The number of hydrogen-bond acceptors (Lipinski definition) is 5. The Morgan fingerprint density at radius 2 is 1.95 bits per heavy atom. The monoisotopic (exact) mass is 290 g/mol. The van der Waals surface area contributed by atoms with E-state index >= 15 is 0 Å². The zero-order valence-corrected chi connectivity index (χ0v) is 11.8. The highest BCUT2D eigenvalue weighted by Gasteiger charge is 2.30. The molecule has 104 valence electrons. The molecule has 0 saturated heterocycles. The summed E-state index contributed by atoms with van der Waals surface area (Å²) in [5.41, 5.74) is 2.16. The molecule has 0 radical (unpaired) electrons. The van der Waals surface area contributed by atoms with E-state index in [1.54, 1.807) is 6.07 Å². The molecule has 0 spiro atoms. The summed E-state index contributed by atoms with van der Waals surface area (Å²) in [5.74, 6) is -0.230. The van der Waals surface area contributed by atoms with Crippen LogP contribution in [0.15, 0.2) is 18.2 Å². The number of aromatic hydroxyl groups is 2. The van der Waals surface area contributed by atoms with E-state index in [0.29, 0.717) is 11.1 Å². The Morgan fingerprint density at radius 3 is 2.65 bits per heavy atom. The largest absolute Gasteiger partial charge is 0.508 e. The van der Waals surface area contributed by atoms with E-state index in [0.717, 1.165) is 15.4 Å². The molecule has 20 heavy (non-hydrogen) atoms. The molecule has 1 amide bonds. The average Bonchev–Trinajstić information content (AvgIpc) is 2.65. The van der Waals surface area contributed by atoms with Gasteiger partial charge in [-0.15, -0.1) is 11.3 Å². The molecule has 2 heterocycles. The van der Waals surface area contributed by atoms with Gasteiger partial charge in [0.05, 0.1) is 5.56 Å². The molecule has 1 atom stereocenters. The lowest BCUT2D eigenvalue weighted by Gasteiger charge is -2.26. The van der Waals surface area contributed by atoms with Gasteiger partial charge in [0.1, 0.15) is 22.7 Å². The van der Waals surface area contributed by atoms with Gasteiger partial charge < -0.3 is 20.8 Å². The van der Waals surface area contributed by atoms with Crippen molar-refractivity contribution in [2.75, 3.05) is 5.32 Å². The molecule has 1 aliphatic heterocycles. The van der Waals surface area contributed by atoms with E-state index in [1.807, 2.05) is 13.8 Å². The number of phenols is 2. The highest BCUT2D eigenvalue weighted by Crippen LogP contribution is 2.39. The van der Waals surface area contributed by atoms with E-state index in [2.05, 4.69) is 10.6 Å². The third-order valence-electron chi connectivity index (χ3n) is 3.49. The number of aryl methyl sites for hydroxylation is 1. The first kappa shape index (κ1) is 12.8. The molecular formula is C14H14N2O3S. The Bertz CT molecular complexity index is 709. The topological polar surface area (TPSA) is 81.6 Å². The predicted octanol–water partition coefficient (Wildman–Crippen LogP) is 2.63. The summed E-state index contributed by atoms with van der Waals surface area (Å²) in [6.45, 7) is 3.89. The van der Waals surface area contributed by atoms with Crippen molar-refractivity contribution >= 4 is 22.2 Å². The molecular weight excluding hydrogens is 276 g/mol. The van der Waals surface area contributed by atoms with Crippen molar-refractivity contribution in [3.63, 3.8) is 0 Å². The fourth-order valence-corrected chi connectivity index (χ4v) is 3.39. The number of fused-ring (bicyclic) bond motifs is 1. The third-order valence-corrected chi connectivity index (χ3v) is 4.63. The minimum atomic E-state index is -0.506. The number of hydrogen-bond donors (Lipinski definition) is 4. The number of rotatable bonds is 1. The maximum Gasteiger partial charge on any atom is 0.256 e. The van der Waals surface area contributed by atoms with E-state index in [-0.39, 0.29) is 17.4 Å². The van der Waals surface area contributed by atoms with Crippen molar-refractivity contribution in [1.82, 2.24) is 5.32 Å². The van der Waals surface area contributed by atoms with Crippen LogP contribution in [0.4, 0.5) is 5.00 Å². The Labute approximate surface area is 119 Å². The van der Waals surface area contributed by atoms with Crippen LogP contribution in [-0.2, 0) is 0 Å². The maximum atomic E-state index is 12.2. The molecule has 1 aliphatic rings. The van der Waals surface area contributed by atoms with Crippen molar-refractivity contribution in [1.29, 1.82) is 0 Å². The second kappa shape index (κ2) is 4.42. The van der Waals surface area contributed by atoms with Gasteiger partial charge in [-0.3, -0.25) is 4.79 Å². The maximum absolute atomic E-state index is 12.2. The third kappa shape index (κ3) is 1.89. The first-order valence-corrected chi connectivity index (χ1v) is 6.98. The molecule has 6 heteroatoms. The number of anilines is 1. The molecule has 0 unspecified atom stereocenters. The van der Waals surface area contributed by atoms with Crippen molar-refractivity contribution in [2.45, 2.75) is 20.0 Å². The van der Waals surface area contributed by atoms with Crippen LogP contribution in [0.3, 0.4) is 0 Å². The van der Waals surface area contributed by atoms with Crippen LogP contribution in [-0.4, -0.2) is 16.1 Å². The second-order valence-electron chi connectivity index (χ2n) is 4.78. The van der Waals surface area contributed by atoms with Crippen molar-refractivity contribution in [2.24, 2.45) is 0 Å². The Kier molecular flexibility index (Phi) is 2.83. The molecule has 4 N–H and O–H groups in total. The van der Waals surface area contributed by atoms with Gasteiger partial charge >= 0.3 is 0 Å². The average molecular weight is 290 g/mol. The van der Waals surface area contributed by atoms with E-state index in [1.165, 1.54) is 23.5 Å². The summed E-state index contributed by atoms with van der Waals surface area (Å²) in [7, 11) is 0. The van der Waals surface area contributed by atoms with Crippen molar-refractivity contribution in [3.8, 4) is 11.5 Å². The van der Waals surface area contributed by atoms with Crippen LogP contribution in [0.1, 0.15) is 32.5 Å². The highest BCUT2D eigenvalue weighted by molar-refractivity contribution is 7.16. The lowest BCUT2D eigenvalue weighted by atomic mass is 10.1. The lowest BCUT2D eigenvalue weighted by molar-refractivity contribution is 0.0935. The van der Waals surface area contributed by atoms with Gasteiger partial charge in [0.25, 0.3) is 5.91 Å². The summed E-state index contributed by atoms with van der Waals surface area (Å²) < 4.78 is 0. The number of benzene rings is 1. The van der Waals surface area contributed by atoms with Gasteiger partial charge in [0, 0.05) is 16.5 Å². The Balaban J connectivity index is 2.01. The summed E-state index contributed by atoms with van der Waals surface area (Å²) in [4.78, 5) is 13.3. The van der Waals surface area contributed by atoms with Crippen molar-refractivity contribution < 1.29 is 15.0 Å². The number of amides is 1. The first-order valence-electron chi connectivity index (χ1n) is 6.16. The van der Waals surface area contributed by atoms with Crippen molar-refractivity contribution in [3.05, 3.63) is 39.8 Å². The molecule has 0 fully saturated rings. The molecule has 1 aromatic carbocycles. The Morgan fingerprint density at radius 1 is 1.20 bits per heavy atom. The fraction of sp³-hybridized carbons (Fsp3) is 0.214. The number of carbonyl (C=O) groups is 1. The molecule has 0 aliphatic carbocycles. The minimum Gasteiger partial charge on any atom is -0.508 e.